The molecular formula is C14H11ClN2O4. The van der Waals surface area contributed by atoms with Crippen LogP contribution >= 0.6 is 11.6 Å². The number of carbonyl (C=O) groups is 1. The Morgan fingerprint density at radius 1 is 1.29 bits per heavy atom. The van der Waals surface area contributed by atoms with Gasteiger partial charge in [-0.2, -0.15) is 0 Å². The Bertz CT molecular complexity index is 731. The summed E-state index contributed by atoms with van der Waals surface area (Å²) in [5.41, 5.74) is 0.853. The summed E-state index contributed by atoms with van der Waals surface area (Å²) in [5, 5.41) is 23.0. The molecule has 2 rings (SSSR count). The number of nitrogens with one attached hydrogen (secondary N) is 1. The summed E-state index contributed by atoms with van der Waals surface area (Å²) < 4.78 is 0. The molecule has 0 aliphatic rings. The van der Waals surface area contributed by atoms with Crippen LogP contribution in [0.15, 0.2) is 36.4 Å². The molecule has 0 aliphatic heterocycles. The Labute approximate surface area is 125 Å². The second-order valence-corrected chi connectivity index (χ2v) is 4.85. The lowest BCUT2D eigenvalue weighted by Crippen LogP contribution is -2.12. The van der Waals surface area contributed by atoms with Gasteiger partial charge in [0, 0.05) is 34.5 Å². The van der Waals surface area contributed by atoms with E-state index >= 15 is 0 Å². The first-order valence-electron chi connectivity index (χ1n) is 5.93. The first-order valence-corrected chi connectivity index (χ1v) is 6.30. The molecular weight excluding hydrogens is 296 g/mol. The van der Waals surface area contributed by atoms with Gasteiger partial charge in [-0.15, -0.1) is 0 Å². The van der Waals surface area contributed by atoms with Gasteiger partial charge in [-0.1, -0.05) is 17.7 Å². The third-order valence-corrected chi connectivity index (χ3v) is 3.04. The van der Waals surface area contributed by atoms with Gasteiger partial charge in [-0.25, -0.2) is 0 Å². The number of nitro groups is 1. The van der Waals surface area contributed by atoms with Crippen LogP contribution in [0.2, 0.25) is 5.02 Å². The SMILES string of the molecule is Cc1ccc(NC(=O)c2cc(Cl)cc([N+](=O)[O-])c2)cc1O. The van der Waals surface area contributed by atoms with Crippen molar-refractivity contribution in [3.05, 3.63) is 62.7 Å². The Hall–Kier alpha value is -2.60. The minimum atomic E-state index is -0.625. The van der Waals surface area contributed by atoms with E-state index in [0.29, 0.717) is 11.3 Å². The summed E-state index contributed by atoms with van der Waals surface area (Å²) >= 11 is 5.76. The van der Waals surface area contributed by atoms with E-state index in [0.717, 1.165) is 12.1 Å². The first-order chi connectivity index (χ1) is 9.86. The molecule has 21 heavy (non-hydrogen) atoms. The van der Waals surface area contributed by atoms with Gasteiger partial charge in [0.05, 0.1) is 4.92 Å². The quantitative estimate of drug-likeness (QED) is 0.670. The van der Waals surface area contributed by atoms with Gasteiger partial charge < -0.3 is 10.4 Å². The number of anilines is 1. The van der Waals surface area contributed by atoms with Crippen LogP contribution in [0, 0.1) is 17.0 Å². The highest BCUT2D eigenvalue weighted by Gasteiger charge is 2.14. The molecule has 0 bridgehead atoms. The van der Waals surface area contributed by atoms with Gasteiger partial charge in [0.15, 0.2) is 0 Å². The number of nitrogens with zero attached hydrogens (tertiary/aromatic N) is 1. The maximum atomic E-state index is 12.1. The van der Waals surface area contributed by atoms with E-state index < -0.39 is 10.8 Å². The molecule has 0 spiro atoms. The number of carbonyl (C=O) groups excluding carboxylic acids is 1. The number of non-ortho nitro benzene ring substituents is 1. The van der Waals surface area contributed by atoms with Crippen molar-refractivity contribution in [3.63, 3.8) is 0 Å². The number of aryl methyl sites for hydroxylation is 1. The topological polar surface area (TPSA) is 92.5 Å². The smallest absolute Gasteiger partial charge is 0.271 e. The maximum Gasteiger partial charge on any atom is 0.271 e. The zero-order valence-corrected chi connectivity index (χ0v) is 11.7. The van der Waals surface area contributed by atoms with Gasteiger partial charge in [0.25, 0.3) is 11.6 Å². The van der Waals surface area contributed by atoms with Crippen LogP contribution in [0.3, 0.4) is 0 Å². The molecule has 2 N–H and O–H groups in total. The Balaban J connectivity index is 2.27. The summed E-state index contributed by atoms with van der Waals surface area (Å²) in [6, 6.07) is 8.28. The largest absolute Gasteiger partial charge is 0.508 e. The van der Waals surface area contributed by atoms with Crippen molar-refractivity contribution < 1.29 is 14.8 Å². The van der Waals surface area contributed by atoms with E-state index in [1.807, 2.05) is 0 Å². The predicted molar refractivity (Wildman–Crippen MR) is 78.9 cm³/mol. The van der Waals surface area contributed by atoms with Crippen molar-refractivity contribution in [3.8, 4) is 5.75 Å². The van der Waals surface area contributed by atoms with E-state index in [-0.39, 0.29) is 22.0 Å². The van der Waals surface area contributed by atoms with Crippen molar-refractivity contribution in [2.45, 2.75) is 6.92 Å². The number of phenols is 1. The minimum Gasteiger partial charge on any atom is -0.508 e. The number of hydrogen-bond acceptors (Lipinski definition) is 4. The fraction of sp³-hybridized carbons (Fsp3) is 0.0714. The number of halogens is 1. The molecule has 0 aromatic heterocycles. The molecule has 0 saturated carbocycles. The molecule has 0 radical (unpaired) electrons. The highest BCUT2D eigenvalue weighted by Crippen LogP contribution is 2.24. The van der Waals surface area contributed by atoms with E-state index in [9.17, 15) is 20.0 Å². The fourth-order valence-electron chi connectivity index (χ4n) is 1.70. The van der Waals surface area contributed by atoms with E-state index in [1.54, 1.807) is 19.1 Å². The van der Waals surface area contributed by atoms with Gasteiger partial charge in [-0.3, -0.25) is 14.9 Å². The average molecular weight is 307 g/mol. The van der Waals surface area contributed by atoms with E-state index in [4.69, 9.17) is 11.6 Å². The van der Waals surface area contributed by atoms with Crippen molar-refractivity contribution >= 4 is 28.9 Å². The number of aromatic hydroxyl groups is 1. The van der Waals surface area contributed by atoms with Crippen LogP contribution in [0.4, 0.5) is 11.4 Å². The highest BCUT2D eigenvalue weighted by atomic mass is 35.5. The molecule has 0 saturated heterocycles. The number of phenolic OH excluding ortho intramolecular Hbond substituents is 1. The molecule has 0 atom stereocenters. The Morgan fingerprint density at radius 3 is 2.62 bits per heavy atom. The molecule has 0 heterocycles. The Kier molecular flexibility index (Phi) is 4.09. The highest BCUT2D eigenvalue weighted by molar-refractivity contribution is 6.31. The lowest BCUT2D eigenvalue weighted by Gasteiger charge is -2.07. The van der Waals surface area contributed by atoms with Crippen molar-refractivity contribution in [1.29, 1.82) is 0 Å². The summed E-state index contributed by atoms with van der Waals surface area (Å²) in [4.78, 5) is 22.2. The standard InChI is InChI=1S/C14H11ClN2O4/c1-8-2-3-11(7-13(8)18)16-14(19)9-4-10(15)6-12(5-9)17(20)21/h2-7,18H,1H3,(H,16,19). The maximum absolute atomic E-state index is 12.1. The van der Waals surface area contributed by atoms with Gasteiger partial charge >= 0.3 is 0 Å². The first kappa shape index (κ1) is 14.8. The van der Waals surface area contributed by atoms with Crippen LogP contribution in [0.5, 0.6) is 5.75 Å². The summed E-state index contributed by atoms with van der Waals surface area (Å²) in [6.07, 6.45) is 0. The zero-order chi connectivity index (χ0) is 15.6. The molecule has 2 aromatic carbocycles. The van der Waals surface area contributed by atoms with Crippen molar-refractivity contribution in [1.82, 2.24) is 0 Å². The zero-order valence-electron chi connectivity index (χ0n) is 11.0. The van der Waals surface area contributed by atoms with E-state index in [2.05, 4.69) is 5.32 Å². The monoisotopic (exact) mass is 306 g/mol. The number of benzene rings is 2. The molecule has 2 aromatic rings. The number of nitro benzene ring substituents is 1. The van der Waals surface area contributed by atoms with Gasteiger partial charge in [-0.05, 0) is 24.6 Å². The minimum absolute atomic E-state index is 0.0462. The number of rotatable bonds is 3. The molecule has 0 fully saturated rings. The summed E-state index contributed by atoms with van der Waals surface area (Å²) in [6.45, 7) is 1.72. The molecule has 0 aliphatic carbocycles. The van der Waals surface area contributed by atoms with Crippen molar-refractivity contribution in [2.75, 3.05) is 5.32 Å². The average Bonchev–Trinajstić information content (AvgIpc) is 2.42. The summed E-state index contributed by atoms with van der Waals surface area (Å²) in [5.74, 6) is -0.506. The number of amides is 1. The molecule has 1 amide bonds. The van der Waals surface area contributed by atoms with Crippen LogP contribution in [-0.2, 0) is 0 Å². The molecule has 7 heteroatoms. The van der Waals surface area contributed by atoms with Crippen LogP contribution < -0.4 is 5.32 Å². The Morgan fingerprint density at radius 2 is 2.00 bits per heavy atom. The van der Waals surface area contributed by atoms with Crippen LogP contribution in [0.1, 0.15) is 15.9 Å². The van der Waals surface area contributed by atoms with Gasteiger partial charge in [0.1, 0.15) is 5.75 Å². The predicted octanol–water partition coefficient (Wildman–Crippen LogP) is 3.51. The van der Waals surface area contributed by atoms with Crippen LogP contribution in [0.25, 0.3) is 0 Å². The third kappa shape index (κ3) is 3.49. The lowest BCUT2D eigenvalue weighted by molar-refractivity contribution is -0.384. The third-order valence-electron chi connectivity index (χ3n) is 2.82. The van der Waals surface area contributed by atoms with Gasteiger partial charge in [0.2, 0.25) is 0 Å². The normalized spacial score (nSPS) is 10.2. The lowest BCUT2D eigenvalue weighted by atomic mass is 10.1. The number of hydrogen-bond donors (Lipinski definition) is 2. The second-order valence-electron chi connectivity index (χ2n) is 4.41. The second kappa shape index (κ2) is 5.80. The molecule has 6 nitrogen and oxygen atoms in total. The molecule has 0 unspecified atom stereocenters. The summed E-state index contributed by atoms with van der Waals surface area (Å²) in [7, 11) is 0. The van der Waals surface area contributed by atoms with Crippen molar-refractivity contribution in [2.24, 2.45) is 0 Å². The molecule has 108 valence electrons. The van der Waals surface area contributed by atoms with Crippen LogP contribution in [-0.4, -0.2) is 15.9 Å². The fourth-order valence-corrected chi connectivity index (χ4v) is 1.93. The van der Waals surface area contributed by atoms with E-state index in [1.165, 1.54) is 12.1 Å².